The lowest BCUT2D eigenvalue weighted by Crippen LogP contribution is -2.56. The zero-order valence-electron chi connectivity index (χ0n) is 20.5. The van der Waals surface area contributed by atoms with Crippen LogP contribution in [0.3, 0.4) is 0 Å². The molecule has 1 aromatic rings. The van der Waals surface area contributed by atoms with E-state index in [1.54, 1.807) is 30.3 Å². The van der Waals surface area contributed by atoms with E-state index in [1.807, 2.05) is 0 Å². The second-order valence-corrected chi connectivity index (χ2v) is 8.83. The molecule has 0 bridgehead atoms. The maximum Gasteiger partial charge on any atom is 0.326 e. The van der Waals surface area contributed by atoms with Gasteiger partial charge in [0.15, 0.2) is 0 Å². The fourth-order valence-corrected chi connectivity index (χ4v) is 3.89. The van der Waals surface area contributed by atoms with E-state index >= 15 is 0 Å². The Morgan fingerprint density at radius 3 is 2.30 bits per heavy atom. The summed E-state index contributed by atoms with van der Waals surface area (Å²) in [5.74, 6) is -4.99. The molecule has 202 valence electrons. The molecule has 13 nitrogen and oxygen atoms in total. The predicted molar refractivity (Wildman–Crippen MR) is 130 cm³/mol. The minimum atomic E-state index is -1.46. The Balaban J connectivity index is 2.14. The summed E-state index contributed by atoms with van der Waals surface area (Å²) in [6.07, 6.45) is 0.118. The number of nitrogens with zero attached hydrogens (tertiary/aromatic N) is 1. The molecular weight excluding hydrogens is 486 g/mol. The van der Waals surface area contributed by atoms with Crippen LogP contribution in [-0.2, 0) is 35.2 Å². The van der Waals surface area contributed by atoms with Crippen LogP contribution in [0.5, 0.6) is 0 Å². The number of likely N-dealkylation sites (tertiary alicyclic amines) is 1. The number of aliphatic carboxylic acids is 2. The topological polar surface area (TPSA) is 208 Å². The number of hydrogen-bond donors (Lipinski definition) is 6. The van der Waals surface area contributed by atoms with E-state index in [0.29, 0.717) is 18.4 Å². The molecule has 1 aliphatic heterocycles. The minimum Gasteiger partial charge on any atom is -0.481 e. The summed E-state index contributed by atoms with van der Waals surface area (Å²) >= 11 is 0. The largest absolute Gasteiger partial charge is 0.481 e. The van der Waals surface area contributed by atoms with Crippen LogP contribution in [0.25, 0.3) is 0 Å². The molecule has 4 amide bonds. The highest BCUT2D eigenvalue weighted by Crippen LogP contribution is 2.18. The number of carboxylic acids is 2. The quantitative estimate of drug-likeness (QED) is 0.181. The fourth-order valence-electron chi connectivity index (χ4n) is 3.89. The van der Waals surface area contributed by atoms with E-state index in [1.165, 1.54) is 11.8 Å². The van der Waals surface area contributed by atoms with Crippen molar-refractivity contribution < 1.29 is 39.0 Å². The summed E-state index contributed by atoms with van der Waals surface area (Å²) in [6.45, 7) is 1.43. The third kappa shape index (κ3) is 9.18. The van der Waals surface area contributed by atoms with Gasteiger partial charge in [-0.05, 0) is 31.7 Å². The molecule has 1 aliphatic rings. The first-order chi connectivity index (χ1) is 17.5. The standard InChI is InChI=1S/C24H33N5O8/c1-14(25)21(33)26-13-19(30)29-11-5-8-18(29)23(35)28-17(12-15-6-3-2-4-7-15)22(34)27-16(24(36)37)9-10-20(31)32/h2-4,6-7,14,16-18H,5,8-13,25H2,1H3,(H,26,33)(H,27,34)(H,28,35)(H,31,32)(H,36,37)/t14-,16-,17-,18-/m0/s1. The average Bonchev–Trinajstić information content (AvgIpc) is 3.35. The molecule has 13 heteroatoms. The van der Waals surface area contributed by atoms with E-state index in [2.05, 4.69) is 16.0 Å². The molecule has 1 saturated heterocycles. The summed E-state index contributed by atoms with van der Waals surface area (Å²) < 4.78 is 0. The smallest absolute Gasteiger partial charge is 0.326 e. The van der Waals surface area contributed by atoms with Gasteiger partial charge in [0.05, 0.1) is 12.6 Å². The third-order valence-corrected chi connectivity index (χ3v) is 5.88. The molecule has 4 atom stereocenters. The van der Waals surface area contributed by atoms with Crippen molar-refractivity contribution in [3.05, 3.63) is 35.9 Å². The van der Waals surface area contributed by atoms with Crippen LogP contribution in [0.1, 0.15) is 38.2 Å². The number of carboxylic acid groups (broad SMARTS) is 2. The second-order valence-electron chi connectivity index (χ2n) is 8.83. The van der Waals surface area contributed by atoms with Crippen molar-refractivity contribution in [1.82, 2.24) is 20.9 Å². The Labute approximate surface area is 213 Å². The number of hydrogen-bond acceptors (Lipinski definition) is 7. The van der Waals surface area contributed by atoms with Gasteiger partial charge in [-0.2, -0.15) is 0 Å². The fraction of sp³-hybridized carbons (Fsp3) is 0.500. The molecule has 0 radical (unpaired) electrons. The number of benzene rings is 1. The highest BCUT2D eigenvalue weighted by Gasteiger charge is 2.36. The van der Waals surface area contributed by atoms with Gasteiger partial charge in [0.2, 0.25) is 23.6 Å². The van der Waals surface area contributed by atoms with Crippen LogP contribution in [0, 0.1) is 0 Å². The van der Waals surface area contributed by atoms with Gasteiger partial charge < -0.3 is 36.8 Å². The van der Waals surface area contributed by atoms with Crippen molar-refractivity contribution in [1.29, 1.82) is 0 Å². The molecule has 7 N–H and O–H groups in total. The lowest BCUT2D eigenvalue weighted by atomic mass is 10.0. The molecule has 2 rings (SSSR count). The van der Waals surface area contributed by atoms with Crippen molar-refractivity contribution in [2.45, 2.75) is 63.2 Å². The van der Waals surface area contributed by atoms with E-state index in [9.17, 15) is 33.9 Å². The number of nitrogens with one attached hydrogen (secondary N) is 3. The van der Waals surface area contributed by atoms with Gasteiger partial charge in [-0.3, -0.25) is 24.0 Å². The van der Waals surface area contributed by atoms with Crippen LogP contribution in [0.4, 0.5) is 0 Å². The number of rotatable bonds is 13. The monoisotopic (exact) mass is 519 g/mol. The van der Waals surface area contributed by atoms with Gasteiger partial charge in [-0.1, -0.05) is 30.3 Å². The lowest BCUT2D eigenvalue weighted by Gasteiger charge is -2.27. The van der Waals surface area contributed by atoms with Crippen LogP contribution in [0.2, 0.25) is 0 Å². The van der Waals surface area contributed by atoms with Crippen molar-refractivity contribution in [3.63, 3.8) is 0 Å². The molecule has 1 heterocycles. The normalized spacial score (nSPS) is 17.2. The third-order valence-electron chi connectivity index (χ3n) is 5.88. The Hall–Kier alpha value is -4.00. The van der Waals surface area contributed by atoms with E-state index in [0.717, 1.165) is 0 Å². The second kappa shape index (κ2) is 13.9. The van der Waals surface area contributed by atoms with Gasteiger partial charge >= 0.3 is 11.9 Å². The number of nitrogens with two attached hydrogens (primary N) is 1. The molecule has 1 fully saturated rings. The first-order valence-electron chi connectivity index (χ1n) is 11.9. The Bertz CT molecular complexity index is 1000. The average molecular weight is 520 g/mol. The zero-order chi connectivity index (χ0) is 27.5. The van der Waals surface area contributed by atoms with Gasteiger partial charge in [-0.15, -0.1) is 0 Å². The Kier molecular flexibility index (Phi) is 11.0. The van der Waals surface area contributed by atoms with Crippen molar-refractivity contribution in [2.24, 2.45) is 5.73 Å². The summed E-state index contributed by atoms with van der Waals surface area (Å²) in [5, 5.41) is 25.6. The summed E-state index contributed by atoms with van der Waals surface area (Å²) in [7, 11) is 0. The number of amides is 4. The number of carbonyl (C=O) groups is 6. The summed E-state index contributed by atoms with van der Waals surface area (Å²) in [5.41, 5.74) is 6.17. The molecule has 0 saturated carbocycles. The molecule has 0 spiro atoms. The van der Waals surface area contributed by atoms with Crippen LogP contribution < -0.4 is 21.7 Å². The Morgan fingerprint density at radius 2 is 1.70 bits per heavy atom. The van der Waals surface area contributed by atoms with E-state index in [-0.39, 0.29) is 25.9 Å². The van der Waals surface area contributed by atoms with Gasteiger partial charge in [-0.25, -0.2) is 4.79 Å². The van der Waals surface area contributed by atoms with Crippen LogP contribution >= 0.6 is 0 Å². The van der Waals surface area contributed by atoms with Gasteiger partial charge in [0.1, 0.15) is 18.1 Å². The molecule has 1 aromatic carbocycles. The summed E-state index contributed by atoms with van der Waals surface area (Å²) in [6, 6.07) is 4.40. The SMILES string of the molecule is C[C@H](N)C(=O)NCC(=O)N1CCC[C@H]1C(=O)N[C@@H](Cc1ccccc1)C(=O)N[C@@H](CCC(=O)O)C(=O)O. The molecule has 0 aromatic heterocycles. The number of carbonyl (C=O) groups excluding carboxylic acids is 4. The highest BCUT2D eigenvalue weighted by atomic mass is 16.4. The van der Waals surface area contributed by atoms with Crippen molar-refractivity contribution >= 4 is 35.6 Å². The van der Waals surface area contributed by atoms with E-state index < -0.39 is 66.2 Å². The minimum absolute atomic E-state index is 0.0365. The lowest BCUT2D eigenvalue weighted by molar-refractivity contribution is -0.143. The first kappa shape index (κ1) is 29.2. The zero-order valence-corrected chi connectivity index (χ0v) is 20.5. The first-order valence-corrected chi connectivity index (χ1v) is 11.9. The van der Waals surface area contributed by atoms with Gasteiger partial charge in [0.25, 0.3) is 0 Å². The van der Waals surface area contributed by atoms with Crippen molar-refractivity contribution in [2.75, 3.05) is 13.1 Å². The van der Waals surface area contributed by atoms with Gasteiger partial charge in [0, 0.05) is 19.4 Å². The molecular formula is C24H33N5O8. The summed E-state index contributed by atoms with van der Waals surface area (Å²) in [4.78, 5) is 74.3. The Morgan fingerprint density at radius 1 is 1.03 bits per heavy atom. The highest BCUT2D eigenvalue weighted by molar-refractivity contribution is 5.95. The maximum absolute atomic E-state index is 13.2. The van der Waals surface area contributed by atoms with Crippen molar-refractivity contribution in [3.8, 4) is 0 Å². The van der Waals surface area contributed by atoms with E-state index in [4.69, 9.17) is 10.8 Å². The molecule has 0 unspecified atom stereocenters. The molecule has 0 aliphatic carbocycles. The molecule has 37 heavy (non-hydrogen) atoms. The maximum atomic E-state index is 13.2. The van der Waals surface area contributed by atoms with Crippen LogP contribution in [-0.4, -0.2) is 87.9 Å². The van der Waals surface area contributed by atoms with Crippen LogP contribution in [0.15, 0.2) is 30.3 Å². The predicted octanol–water partition coefficient (Wildman–Crippen LogP) is -1.40.